The topological polar surface area (TPSA) is 73.5 Å². The van der Waals surface area contributed by atoms with Crippen molar-refractivity contribution in [3.05, 3.63) is 30.5 Å². The van der Waals surface area contributed by atoms with Crippen LogP contribution in [-0.4, -0.2) is 42.8 Å². The maximum atomic E-state index is 5.90. The summed E-state index contributed by atoms with van der Waals surface area (Å²) in [5.41, 5.74) is 10.4. The fraction of sp³-hybridized carbons (Fsp3) is 0.333. The van der Waals surface area contributed by atoms with E-state index in [2.05, 4.69) is 15.3 Å². The molecule has 0 unspecified atom stereocenters. The molecule has 0 amide bonds. The Morgan fingerprint density at radius 1 is 1.20 bits per heavy atom. The minimum absolute atomic E-state index is 0.625. The first kappa shape index (κ1) is 16.1. The smallest absolute Gasteiger partial charge is 0.142 e. The molecular weight excluding hydrogens is 336 g/mol. The Kier molecular flexibility index (Phi) is 4.42. The first-order valence-corrected chi connectivity index (χ1v) is 9.05. The van der Waals surface area contributed by atoms with Crippen molar-refractivity contribution < 1.29 is 9.47 Å². The van der Waals surface area contributed by atoms with Gasteiger partial charge in [0.25, 0.3) is 0 Å². The van der Waals surface area contributed by atoms with Crippen molar-refractivity contribution in [1.82, 2.24) is 9.36 Å². The lowest BCUT2D eigenvalue weighted by molar-refractivity contribution is 0.152. The fourth-order valence-corrected chi connectivity index (χ4v) is 3.89. The third kappa shape index (κ3) is 3.12. The molecule has 0 radical (unpaired) electrons. The summed E-state index contributed by atoms with van der Waals surface area (Å²) < 4.78 is 15.5. The van der Waals surface area contributed by atoms with Gasteiger partial charge in [0.05, 0.1) is 19.4 Å². The second-order valence-electron chi connectivity index (χ2n) is 5.99. The molecule has 0 saturated carbocycles. The molecule has 2 N–H and O–H groups in total. The van der Waals surface area contributed by atoms with Gasteiger partial charge in [-0.3, -0.25) is 4.98 Å². The van der Waals surface area contributed by atoms with E-state index in [4.69, 9.17) is 20.2 Å². The van der Waals surface area contributed by atoms with Crippen LogP contribution in [0.5, 0.6) is 5.75 Å². The highest BCUT2D eigenvalue weighted by atomic mass is 32.1. The molecular formula is C18H20N4O2S. The zero-order chi connectivity index (χ0) is 17.2. The van der Waals surface area contributed by atoms with Crippen LogP contribution in [0.2, 0.25) is 0 Å². The van der Waals surface area contributed by atoms with Crippen molar-refractivity contribution >= 4 is 33.3 Å². The van der Waals surface area contributed by atoms with Gasteiger partial charge in [-0.05, 0) is 41.7 Å². The van der Waals surface area contributed by atoms with E-state index in [0.717, 1.165) is 59.9 Å². The number of methoxy groups -OCH3 is 1. The molecule has 0 atom stereocenters. The average Bonchev–Trinajstić information content (AvgIpc) is 2.87. The van der Waals surface area contributed by atoms with Gasteiger partial charge in [-0.15, -0.1) is 0 Å². The lowest BCUT2D eigenvalue weighted by atomic mass is 10.1. The Hall–Kier alpha value is -2.38. The normalized spacial score (nSPS) is 15.3. The number of pyridine rings is 1. The molecule has 0 aliphatic carbocycles. The van der Waals surface area contributed by atoms with E-state index >= 15 is 0 Å². The molecule has 1 fully saturated rings. The first-order chi connectivity index (χ1) is 12.3. The van der Waals surface area contributed by atoms with Gasteiger partial charge in [0, 0.05) is 31.5 Å². The van der Waals surface area contributed by atoms with Crippen molar-refractivity contribution in [2.75, 3.05) is 44.0 Å². The zero-order valence-corrected chi connectivity index (χ0v) is 14.9. The monoisotopic (exact) mass is 356 g/mol. The standard InChI is InChI=1S/C18H20N4O2S/c1-23-16-10-12(3-4-14(16)19)13-9-15-17(20-11-13)18(25-21-15)22-5-2-7-24-8-6-22/h3-4,9-11H,2,5-8,19H2,1H3. The number of hydrogen-bond donors (Lipinski definition) is 1. The van der Waals surface area contributed by atoms with Crippen LogP contribution in [-0.2, 0) is 4.74 Å². The number of nitrogen functional groups attached to an aromatic ring is 1. The van der Waals surface area contributed by atoms with Crippen LogP contribution in [0.3, 0.4) is 0 Å². The Labute approximate surface area is 150 Å². The summed E-state index contributed by atoms with van der Waals surface area (Å²) in [6, 6.07) is 7.82. The summed E-state index contributed by atoms with van der Waals surface area (Å²) in [7, 11) is 1.62. The maximum absolute atomic E-state index is 5.90. The molecule has 4 rings (SSSR count). The SMILES string of the molecule is COc1cc(-c2cnc3c(N4CCCOCC4)snc3c2)ccc1N. The van der Waals surface area contributed by atoms with Gasteiger partial charge in [-0.25, -0.2) is 0 Å². The van der Waals surface area contributed by atoms with E-state index in [-0.39, 0.29) is 0 Å². The quantitative estimate of drug-likeness (QED) is 0.727. The van der Waals surface area contributed by atoms with E-state index in [1.54, 1.807) is 7.11 Å². The first-order valence-electron chi connectivity index (χ1n) is 8.28. The number of anilines is 2. The summed E-state index contributed by atoms with van der Waals surface area (Å²) in [5, 5.41) is 1.13. The Bertz CT molecular complexity index is 888. The largest absolute Gasteiger partial charge is 0.495 e. The minimum Gasteiger partial charge on any atom is -0.495 e. The van der Waals surface area contributed by atoms with Crippen LogP contribution in [0.1, 0.15) is 6.42 Å². The van der Waals surface area contributed by atoms with E-state index in [9.17, 15) is 0 Å². The lowest BCUT2D eigenvalue weighted by Crippen LogP contribution is -2.25. The van der Waals surface area contributed by atoms with Crippen LogP contribution in [0.4, 0.5) is 10.7 Å². The minimum atomic E-state index is 0.625. The molecule has 0 spiro atoms. The molecule has 1 aliphatic heterocycles. The summed E-state index contributed by atoms with van der Waals surface area (Å²) >= 11 is 1.51. The van der Waals surface area contributed by atoms with Gasteiger partial charge < -0.3 is 20.1 Å². The van der Waals surface area contributed by atoms with Crippen molar-refractivity contribution in [3.63, 3.8) is 0 Å². The molecule has 130 valence electrons. The van der Waals surface area contributed by atoms with Crippen LogP contribution >= 0.6 is 11.5 Å². The van der Waals surface area contributed by atoms with Gasteiger partial charge in [-0.2, -0.15) is 4.37 Å². The second-order valence-corrected chi connectivity index (χ2v) is 6.74. The molecule has 1 aliphatic rings. The number of rotatable bonds is 3. The summed E-state index contributed by atoms with van der Waals surface area (Å²) in [4.78, 5) is 7.02. The summed E-state index contributed by atoms with van der Waals surface area (Å²) in [6.07, 6.45) is 2.92. The number of nitrogens with two attached hydrogens (primary N) is 1. The van der Waals surface area contributed by atoms with Gasteiger partial charge in [0.2, 0.25) is 0 Å². The fourth-order valence-electron chi connectivity index (χ4n) is 3.03. The zero-order valence-electron chi connectivity index (χ0n) is 14.1. The second kappa shape index (κ2) is 6.85. The highest BCUT2D eigenvalue weighted by Crippen LogP contribution is 2.34. The molecule has 6 nitrogen and oxygen atoms in total. The lowest BCUT2D eigenvalue weighted by Gasteiger charge is -2.19. The molecule has 1 saturated heterocycles. The molecule has 7 heteroatoms. The number of benzene rings is 1. The molecule has 3 heterocycles. The third-order valence-electron chi connectivity index (χ3n) is 4.38. The van der Waals surface area contributed by atoms with Crippen molar-refractivity contribution in [1.29, 1.82) is 0 Å². The molecule has 0 bridgehead atoms. The van der Waals surface area contributed by atoms with E-state index in [1.165, 1.54) is 11.5 Å². The molecule has 3 aromatic rings. The third-order valence-corrected chi connectivity index (χ3v) is 5.29. The van der Waals surface area contributed by atoms with Gasteiger partial charge in [0.15, 0.2) is 0 Å². The Morgan fingerprint density at radius 3 is 3.00 bits per heavy atom. The van der Waals surface area contributed by atoms with E-state index in [1.807, 2.05) is 24.4 Å². The van der Waals surface area contributed by atoms with Crippen LogP contribution in [0.15, 0.2) is 30.5 Å². The number of fused-ring (bicyclic) bond motifs is 1. The van der Waals surface area contributed by atoms with Gasteiger partial charge in [0.1, 0.15) is 21.8 Å². The van der Waals surface area contributed by atoms with Gasteiger partial charge in [-0.1, -0.05) is 6.07 Å². The summed E-state index contributed by atoms with van der Waals surface area (Å²) in [6.45, 7) is 3.44. The van der Waals surface area contributed by atoms with Crippen molar-refractivity contribution in [3.8, 4) is 16.9 Å². The van der Waals surface area contributed by atoms with Crippen LogP contribution in [0, 0.1) is 0 Å². The Balaban J connectivity index is 1.70. The van der Waals surface area contributed by atoms with E-state index < -0.39 is 0 Å². The van der Waals surface area contributed by atoms with Gasteiger partial charge >= 0.3 is 0 Å². The number of ether oxygens (including phenoxy) is 2. The molecule has 25 heavy (non-hydrogen) atoms. The van der Waals surface area contributed by atoms with Crippen molar-refractivity contribution in [2.24, 2.45) is 0 Å². The van der Waals surface area contributed by atoms with E-state index in [0.29, 0.717) is 11.4 Å². The number of hydrogen-bond acceptors (Lipinski definition) is 7. The van der Waals surface area contributed by atoms with Crippen LogP contribution in [0.25, 0.3) is 22.2 Å². The average molecular weight is 356 g/mol. The highest BCUT2D eigenvalue weighted by molar-refractivity contribution is 7.11. The van der Waals surface area contributed by atoms with Crippen LogP contribution < -0.4 is 15.4 Å². The predicted octanol–water partition coefficient (Wildman–Crippen LogP) is 3.18. The maximum Gasteiger partial charge on any atom is 0.142 e. The highest BCUT2D eigenvalue weighted by Gasteiger charge is 2.17. The molecule has 2 aromatic heterocycles. The molecule has 1 aromatic carbocycles. The number of aromatic nitrogens is 2. The Morgan fingerprint density at radius 2 is 2.12 bits per heavy atom. The number of nitrogens with zero attached hydrogens (tertiary/aromatic N) is 3. The predicted molar refractivity (Wildman–Crippen MR) is 101 cm³/mol. The van der Waals surface area contributed by atoms with Crippen molar-refractivity contribution in [2.45, 2.75) is 6.42 Å². The summed E-state index contributed by atoms with van der Waals surface area (Å²) in [5.74, 6) is 0.668.